The van der Waals surface area contributed by atoms with Crippen molar-refractivity contribution in [2.75, 3.05) is 0 Å². The number of hydrogen-bond acceptors (Lipinski definition) is 2. The molecular weight excluding hydrogens is 196 g/mol. The van der Waals surface area contributed by atoms with Gasteiger partial charge in [-0.2, -0.15) is 0 Å². The van der Waals surface area contributed by atoms with Crippen LogP contribution < -0.4 is 0 Å². The van der Waals surface area contributed by atoms with Gasteiger partial charge in [-0.3, -0.25) is 0 Å². The Morgan fingerprint density at radius 3 is 2.62 bits per heavy atom. The molecule has 0 saturated carbocycles. The quantitative estimate of drug-likeness (QED) is 0.708. The van der Waals surface area contributed by atoms with Gasteiger partial charge < -0.3 is 0 Å². The maximum atomic E-state index is 5.34. The third-order valence-corrected chi connectivity index (χ3v) is 2.25. The summed E-state index contributed by atoms with van der Waals surface area (Å²) in [5.41, 5.74) is 2.75. The fraction of sp³-hybridized carbons (Fsp3) is 0.143. The van der Waals surface area contributed by atoms with Crippen molar-refractivity contribution in [1.29, 1.82) is 0 Å². The van der Waals surface area contributed by atoms with Crippen LogP contribution in [0.25, 0.3) is 0 Å². The van der Waals surface area contributed by atoms with Gasteiger partial charge in [-0.1, -0.05) is 36.3 Å². The molecule has 0 aliphatic carbocycles. The highest BCUT2D eigenvalue weighted by molar-refractivity contribution is 5.27. The van der Waals surface area contributed by atoms with Gasteiger partial charge >= 0.3 is 0 Å². The van der Waals surface area contributed by atoms with Gasteiger partial charge in [0.15, 0.2) is 0 Å². The zero-order valence-electron chi connectivity index (χ0n) is 9.14. The first-order chi connectivity index (χ1) is 7.78. The predicted molar refractivity (Wildman–Crippen MR) is 64.0 cm³/mol. The molecule has 0 unspecified atom stereocenters. The Morgan fingerprint density at radius 2 is 1.94 bits per heavy atom. The largest absolute Gasteiger partial charge is 0.238 e. The SMILES string of the molecule is C#Cc1cc(C)nc(Cc2ccccc2)n1. The molecule has 1 aromatic heterocycles. The van der Waals surface area contributed by atoms with Crippen LogP contribution in [0, 0.1) is 19.3 Å². The topological polar surface area (TPSA) is 25.8 Å². The molecule has 0 atom stereocenters. The summed E-state index contributed by atoms with van der Waals surface area (Å²) >= 11 is 0. The number of aryl methyl sites for hydroxylation is 1. The molecule has 2 aromatic rings. The van der Waals surface area contributed by atoms with Crippen molar-refractivity contribution in [3.63, 3.8) is 0 Å². The van der Waals surface area contributed by atoms with Crippen LogP contribution in [0.5, 0.6) is 0 Å². The molecule has 0 fully saturated rings. The summed E-state index contributed by atoms with van der Waals surface area (Å²) in [4.78, 5) is 8.67. The third kappa shape index (κ3) is 2.46. The van der Waals surface area contributed by atoms with Crippen molar-refractivity contribution in [1.82, 2.24) is 9.97 Å². The van der Waals surface area contributed by atoms with Crippen LogP contribution in [0.4, 0.5) is 0 Å². The molecule has 2 rings (SSSR count). The molecule has 0 amide bonds. The van der Waals surface area contributed by atoms with Crippen LogP contribution in [-0.4, -0.2) is 9.97 Å². The lowest BCUT2D eigenvalue weighted by Gasteiger charge is -2.02. The molecule has 0 N–H and O–H groups in total. The number of hydrogen-bond donors (Lipinski definition) is 0. The van der Waals surface area contributed by atoms with Gasteiger partial charge in [0, 0.05) is 12.1 Å². The molecule has 2 nitrogen and oxygen atoms in total. The second-order valence-electron chi connectivity index (χ2n) is 3.62. The maximum absolute atomic E-state index is 5.34. The van der Waals surface area contributed by atoms with Crippen LogP contribution in [0.3, 0.4) is 0 Å². The molecule has 0 aliphatic heterocycles. The number of nitrogens with zero attached hydrogens (tertiary/aromatic N) is 2. The number of terminal acetylenes is 1. The van der Waals surface area contributed by atoms with Crippen LogP contribution in [0.15, 0.2) is 36.4 Å². The van der Waals surface area contributed by atoms with E-state index >= 15 is 0 Å². The van der Waals surface area contributed by atoms with Crippen molar-refractivity contribution in [3.8, 4) is 12.3 Å². The molecule has 1 heterocycles. The summed E-state index contributed by atoms with van der Waals surface area (Å²) in [7, 11) is 0. The molecule has 0 radical (unpaired) electrons. The average Bonchev–Trinajstić information content (AvgIpc) is 2.29. The Hall–Kier alpha value is -2.14. The van der Waals surface area contributed by atoms with Gasteiger partial charge in [0.25, 0.3) is 0 Å². The number of aromatic nitrogens is 2. The van der Waals surface area contributed by atoms with Gasteiger partial charge in [-0.05, 0) is 18.6 Å². The monoisotopic (exact) mass is 208 g/mol. The molecule has 16 heavy (non-hydrogen) atoms. The fourth-order valence-electron chi connectivity index (χ4n) is 1.56. The normalized spacial score (nSPS) is 9.75. The van der Waals surface area contributed by atoms with E-state index in [0.717, 1.165) is 17.9 Å². The molecule has 0 aliphatic rings. The number of rotatable bonds is 2. The van der Waals surface area contributed by atoms with Gasteiger partial charge in [0.05, 0.1) is 0 Å². The first-order valence-corrected chi connectivity index (χ1v) is 5.13. The second-order valence-corrected chi connectivity index (χ2v) is 3.62. The highest BCUT2D eigenvalue weighted by Gasteiger charge is 2.01. The molecule has 2 heteroatoms. The van der Waals surface area contributed by atoms with Crippen molar-refractivity contribution in [3.05, 3.63) is 59.2 Å². The fourth-order valence-corrected chi connectivity index (χ4v) is 1.56. The smallest absolute Gasteiger partial charge is 0.134 e. The summed E-state index contributed by atoms with van der Waals surface area (Å²) in [5, 5.41) is 0. The molecular formula is C14H12N2. The van der Waals surface area contributed by atoms with E-state index in [9.17, 15) is 0 Å². The minimum atomic E-state index is 0.651. The highest BCUT2D eigenvalue weighted by Crippen LogP contribution is 2.06. The molecule has 0 saturated heterocycles. The van der Waals surface area contributed by atoms with Crippen molar-refractivity contribution in [2.45, 2.75) is 13.3 Å². The van der Waals surface area contributed by atoms with E-state index in [0.29, 0.717) is 5.69 Å². The van der Waals surface area contributed by atoms with Gasteiger partial charge in [-0.25, -0.2) is 9.97 Å². The van der Waals surface area contributed by atoms with E-state index in [1.165, 1.54) is 5.56 Å². The lowest BCUT2D eigenvalue weighted by atomic mass is 10.1. The van der Waals surface area contributed by atoms with E-state index in [1.54, 1.807) is 0 Å². The second kappa shape index (κ2) is 4.59. The van der Waals surface area contributed by atoms with Crippen LogP contribution >= 0.6 is 0 Å². The Balaban J connectivity index is 2.29. The Morgan fingerprint density at radius 1 is 1.19 bits per heavy atom. The van der Waals surface area contributed by atoms with Gasteiger partial charge in [0.1, 0.15) is 11.5 Å². The standard InChI is InChI=1S/C14H12N2/c1-3-13-9-11(2)15-14(16-13)10-12-7-5-4-6-8-12/h1,4-9H,10H2,2H3. The molecule has 0 bridgehead atoms. The van der Waals surface area contributed by atoms with Gasteiger partial charge in [0.2, 0.25) is 0 Å². The maximum Gasteiger partial charge on any atom is 0.134 e. The minimum Gasteiger partial charge on any atom is -0.238 e. The van der Waals surface area contributed by atoms with E-state index in [4.69, 9.17) is 6.42 Å². The number of benzene rings is 1. The summed E-state index contributed by atoms with van der Waals surface area (Å²) in [6.45, 7) is 1.93. The summed E-state index contributed by atoms with van der Waals surface area (Å²) in [6, 6.07) is 11.9. The van der Waals surface area contributed by atoms with Crippen molar-refractivity contribution >= 4 is 0 Å². The zero-order chi connectivity index (χ0) is 11.4. The molecule has 0 spiro atoms. The van der Waals surface area contributed by atoms with Gasteiger partial charge in [-0.15, -0.1) is 6.42 Å². The van der Waals surface area contributed by atoms with E-state index < -0.39 is 0 Å². The first kappa shape index (κ1) is 10.4. The zero-order valence-corrected chi connectivity index (χ0v) is 9.14. The lowest BCUT2D eigenvalue weighted by Crippen LogP contribution is -2.00. The van der Waals surface area contributed by atoms with Crippen LogP contribution in [-0.2, 0) is 6.42 Å². The minimum absolute atomic E-state index is 0.651. The summed E-state index contributed by atoms with van der Waals surface area (Å²) in [6.07, 6.45) is 6.06. The highest BCUT2D eigenvalue weighted by atomic mass is 14.9. The van der Waals surface area contributed by atoms with E-state index in [1.807, 2.05) is 31.2 Å². The van der Waals surface area contributed by atoms with Crippen LogP contribution in [0.2, 0.25) is 0 Å². The van der Waals surface area contributed by atoms with E-state index in [2.05, 4.69) is 28.0 Å². The first-order valence-electron chi connectivity index (χ1n) is 5.13. The molecule has 1 aromatic carbocycles. The summed E-state index contributed by atoms with van der Waals surface area (Å²) < 4.78 is 0. The summed E-state index contributed by atoms with van der Waals surface area (Å²) in [5.74, 6) is 3.32. The third-order valence-electron chi connectivity index (χ3n) is 2.25. The van der Waals surface area contributed by atoms with Crippen molar-refractivity contribution < 1.29 is 0 Å². The Bertz CT molecular complexity index is 524. The molecule has 78 valence electrons. The lowest BCUT2D eigenvalue weighted by molar-refractivity contribution is 0.934. The average molecular weight is 208 g/mol. The van der Waals surface area contributed by atoms with Crippen LogP contribution in [0.1, 0.15) is 22.8 Å². The Kier molecular flexibility index (Phi) is 2.98. The predicted octanol–water partition coefficient (Wildman–Crippen LogP) is 2.36. The van der Waals surface area contributed by atoms with E-state index in [-0.39, 0.29) is 0 Å². The van der Waals surface area contributed by atoms with Crippen molar-refractivity contribution in [2.24, 2.45) is 0 Å². The Labute approximate surface area is 95.4 Å².